The summed E-state index contributed by atoms with van der Waals surface area (Å²) in [5.74, 6) is 6.42. The van der Waals surface area contributed by atoms with Gasteiger partial charge >= 0.3 is 0 Å². The maximum Gasteiger partial charge on any atom is 0.222 e. The summed E-state index contributed by atoms with van der Waals surface area (Å²) in [5.41, 5.74) is 0. The van der Waals surface area contributed by atoms with Crippen LogP contribution in [-0.2, 0) is 4.79 Å². The number of amides is 1. The van der Waals surface area contributed by atoms with Crippen molar-refractivity contribution in [3.63, 3.8) is 0 Å². The Hall–Kier alpha value is 0.130. The Labute approximate surface area is 125 Å². The van der Waals surface area contributed by atoms with Crippen LogP contribution in [0.2, 0.25) is 0 Å². The Bertz CT molecular complexity index is 273. The molecule has 0 spiro atoms. The summed E-state index contributed by atoms with van der Waals surface area (Å²) >= 11 is 4.16. The number of thioether (sulfide) groups is 2. The van der Waals surface area contributed by atoms with E-state index in [9.17, 15) is 4.79 Å². The van der Waals surface area contributed by atoms with Crippen LogP contribution in [0.3, 0.4) is 0 Å². The van der Waals surface area contributed by atoms with Crippen molar-refractivity contribution in [2.75, 3.05) is 36.6 Å². The molecule has 1 saturated heterocycles. The van der Waals surface area contributed by atoms with Crippen LogP contribution in [0.1, 0.15) is 25.7 Å². The van der Waals surface area contributed by atoms with Crippen LogP contribution in [0.15, 0.2) is 0 Å². The fourth-order valence-corrected chi connectivity index (χ4v) is 5.37. The van der Waals surface area contributed by atoms with E-state index in [0.29, 0.717) is 6.04 Å². The topological polar surface area (TPSA) is 41.1 Å². The second-order valence-electron chi connectivity index (χ2n) is 5.59. The number of rotatable bonds is 4. The lowest BCUT2D eigenvalue weighted by Crippen LogP contribution is -2.38. The number of hydrogen-bond donors (Lipinski definition) is 2. The first-order valence-corrected chi connectivity index (χ1v) is 9.71. The lowest BCUT2D eigenvalue weighted by atomic mass is 9.81. The van der Waals surface area contributed by atoms with E-state index >= 15 is 0 Å². The molecule has 0 bridgehead atoms. The van der Waals surface area contributed by atoms with Crippen molar-refractivity contribution >= 4 is 29.4 Å². The summed E-state index contributed by atoms with van der Waals surface area (Å²) in [6, 6.07) is 0.689. The fourth-order valence-electron chi connectivity index (χ4n) is 2.90. The van der Waals surface area contributed by atoms with Crippen LogP contribution in [0, 0.1) is 11.8 Å². The first kappa shape index (κ1) is 15.5. The molecule has 2 fully saturated rings. The zero-order valence-corrected chi connectivity index (χ0v) is 13.5. The monoisotopic (exact) mass is 302 g/mol. The molecule has 1 aliphatic carbocycles. The summed E-state index contributed by atoms with van der Waals surface area (Å²) in [7, 11) is 1.75. The van der Waals surface area contributed by atoms with Gasteiger partial charge in [-0.3, -0.25) is 4.79 Å². The van der Waals surface area contributed by atoms with Crippen LogP contribution >= 0.6 is 23.5 Å². The average Bonchev–Trinajstić information content (AvgIpc) is 2.73. The molecule has 0 aromatic rings. The highest BCUT2D eigenvalue weighted by Gasteiger charge is 2.26. The molecule has 1 aliphatic heterocycles. The number of nitrogens with one attached hydrogen (secondary N) is 2. The van der Waals surface area contributed by atoms with Gasteiger partial charge < -0.3 is 10.6 Å². The van der Waals surface area contributed by atoms with Crippen LogP contribution < -0.4 is 10.6 Å². The van der Waals surface area contributed by atoms with Gasteiger partial charge in [-0.15, -0.1) is 0 Å². The van der Waals surface area contributed by atoms with E-state index in [0.717, 1.165) is 25.3 Å². The Morgan fingerprint density at radius 1 is 1.11 bits per heavy atom. The van der Waals surface area contributed by atoms with Crippen molar-refractivity contribution in [3.8, 4) is 0 Å². The number of hydrogen-bond acceptors (Lipinski definition) is 4. The maximum atomic E-state index is 11.6. The zero-order valence-electron chi connectivity index (χ0n) is 11.8. The van der Waals surface area contributed by atoms with Gasteiger partial charge in [0.15, 0.2) is 0 Å². The Balaban J connectivity index is 1.63. The molecule has 110 valence electrons. The summed E-state index contributed by atoms with van der Waals surface area (Å²) in [6.07, 6.45) is 4.55. The molecule has 1 amide bonds. The molecule has 19 heavy (non-hydrogen) atoms. The molecule has 0 atom stereocenters. The molecule has 0 radical (unpaired) electrons. The fraction of sp³-hybridized carbons (Fsp3) is 0.929. The summed E-state index contributed by atoms with van der Waals surface area (Å²) in [6.45, 7) is 1.15. The lowest BCUT2D eigenvalue weighted by Gasteiger charge is -2.29. The second-order valence-corrected chi connectivity index (χ2v) is 7.89. The van der Waals surface area contributed by atoms with Crippen molar-refractivity contribution in [2.45, 2.75) is 31.7 Å². The van der Waals surface area contributed by atoms with Crippen LogP contribution in [0.25, 0.3) is 0 Å². The van der Waals surface area contributed by atoms with Crippen molar-refractivity contribution in [1.29, 1.82) is 0 Å². The van der Waals surface area contributed by atoms with Gasteiger partial charge in [-0.05, 0) is 38.1 Å². The number of carbonyl (C=O) groups is 1. The largest absolute Gasteiger partial charge is 0.359 e. The first-order chi connectivity index (χ1) is 9.29. The third-order valence-electron chi connectivity index (χ3n) is 4.17. The van der Waals surface area contributed by atoms with Crippen molar-refractivity contribution < 1.29 is 4.79 Å². The Kier molecular flexibility index (Phi) is 6.88. The quantitative estimate of drug-likeness (QED) is 0.833. The minimum atomic E-state index is 0.239. The lowest BCUT2D eigenvalue weighted by molar-refractivity contribution is -0.125. The van der Waals surface area contributed by atoms with Crippen LogP contribution in [0.5, 0.6) is 0 Å². The van der Waals surface area contributed by atoms with Gasteiger partial charge in [-0.2, -0.15) is 23.5 Å². The van der Waals surface area contributed by atoms with Gasteiger partial charge in [-0.25, -0.2) is 0 Å². The van der Waals surface area contributed by atoms with E-state index in [1.165, 1.54) is 35.9 Å². The molecule has 1 heterocycles. The molecule has 2 N–H and O–H groups in total. The van der Waals surface area contributed by atoms with Crippen molar-refractivity contribution in [1.82, 2.24) is 10.6 Å². The van der Waals surface area contributed by atoms with Gasteiger partial charge in [-0.1, -0.05) is 0 Å². The molecule has 2 rings (SSSR count). The standard InChI is InChI=1S/C14H26N2OS2/c1-15-14(17)12-4-2-11(3-5-12)8-16-13-9-18-6-7-19-10-13/h11-13,16H,2-10H2,1H3,(H,15,17). The van der Waals surface area contributed by atoms with Gasteiger partial charge in [0.25, 0.3) is 0 Å². The zero-order chi connectivity index (χ0) is 13.5. The molecule has 0 aromatic carbocycles. The van der Waals surface area contributed by atoms with Gasteiger partial charge in [0.1, 0.15) is 0 Å². The van der Waals surface area contributed by atoms with Crippen molar-refractivity contribution in [3.05, 3.63) is 0 Å². The molecule has 2 aliphatic rings. The average molecular weight is 303 g/mol. The Morgan fingerprint density at radius 3 is 2.32 bits per heavy atom. The van der Waals surface area contributed by atoms with Gasteiger partial charge in [0.2, 0.25) is 5.91 Å². The highest BCUT2D eigenvalue weighted by atomic mass is 32.2. The summed E-state index contributed by atoms with van der Waals surface area (Å²) in [4.78, 5) is 11.6. The summed E-state index contributed by atoms with van der Waals surface area (Å²) in [5, 5.41) is 6.53. The smallest absolute Gasteiger partial charge is 0.222 e. The maximum absolute atomic E-state index is 11.6. The molecular formula is C14H26N2OS2. The normalized spacial score (nSPS) is 29.7. The minimum absolute atomic E-state index is 0.239. The SMILES string of the molecule is CNC(=O)C1CCC(CNC2CSCCSC2)CC1. The Morgan fingerprint density at radius 2 is 1.74 bits per heavy atom. The molecule has 0 unspecified atom stereocenters. The highest BCUT2D eigenvalue weighted by Crippen LogP contribution is 2.28. The molecule has 0 aromatic heterocycles. The predicted molar refractivity (Wildman–Crippen MR) is 86.0 cm³/mol. The highest BCUT2D eigenvalue weighted by molar-refractivity contribution is 8.03. The van der Waals surface area contributed by atoms with E-state index in [2.05, 4.69) is 34.2 Å². The third kappa shape index (κ3) is 5.20. The van der Waals surface area contributed by atoms with Gasteiger partial charge in [0, 0.05) is 42.0 Å². The van der Waals surface area contributed by atoms with E-state index < -0.39 is 0 Å². The van der Waals surface area contributed by atoms with E-state index in [1.807, 2.05) is 0 Å². The van der Waals surface area contributed by atoms with Crippen LogP contribution in [0.4, 0.5) is 0 Å². The predicted octanol–water partition coefficient (Wildman–Crippen LogP) is 1.98. The van der Waals surface area contributed by atoms with E-state index in [-0.39, 0.29) is 11.8 Å². The molecule has 1 saturated carbocycles. The molecular weight excluding hydrogens is 276 g/mol. The molecule has 3 nitrogen and oxygen atoms in total. The molecule has 5 heteroatoms. The van der Waals surface area contributed by atoms with E-state index in [4.69, 9.17) is 0 Å². The third-order valence-corrected chi connectivity index (χ3v) is 6.69. The summed E-state index contributed by atoms with van der Waals surface area (Å²) < 4.78 is 0. The number of carbonyl (C=O) groups excluding carboxylic acids is 1. The first-order valence-electron chi connectivity index (χ1n) is 7.40. The minimum Gasteiger partial charge on any atom is -0.359 e. The second kappa shape index (κ2) is 8.42. The van der Waals surface area contributed by atoms with E-state index in [1.54, 1.807) is 7.05 Å². The van der Waals surface area contributed by atoms with Crippen molar-refractivity contribution in [2.24, 2.45) is 11.8 Å². The van der Waals surface area contributed by atoms with Gasteiger partial charge in [0.05, 0.1) is 0 Å². The van der Waals surface area contributed by atoms with Crippen LogP contribution in [-0.4, -0.2) is 48.6 Å².